The van der Waals surface area contributed by atoms with Crippen molar-refractivity contribution in [1.29, 1.82) is 0 Å². The summed E-state index contributed by atoms with van der Waals surface area (Å²) in [6.45, 7) is 5.22. The van der Waals surface area contributed by atoms with E-state index in [0.29, 0.717) is 29.4 Å². The Balaban J connectivity index is 2.01. The van der Waals surface area contributed by atoms with Gasteiger partial charge in [0.15, 0.2) is 5.78 Å². The van der Waals surface area contributed by atoms with E-state index in [9.17, 15) is 9.59 Å². The highest BCUT2D eigenvalue weighted by Gasteiger charge is 2.40. The van der Waals surface area contributed by atoms with Gasteiger partial charge in [-0.05, 0) is 37.6 Å². The lowest BCUT2D eigenvalue weighted by molar-refractivity contribution is 0.0820. The van der Waals surface area contributed by atoms with Gasteiger partial charge < -0.3 is 10.4 Å². The van der Waals surface area contributed by atoms with Crippen molar-refractivity contribution in [3.63, 3.8) is 0 Å². The van der Waals surface area contributed by atoms with Crippen molar-refractivity contribution in [1.82, 2.24) is 15.1 Å². The number of nitrogens with zero attached hydrogens (tertiary/aromatic N) is 2. The summed E-state index contributed by atoms with van der Waals surface area (Å²) in [6, 6.07) is 5.02. The number of benzene rings is 1. The molecule has 0 radical (unpaired) electrons. The molecule has 0 amide bonds. The Hall–Kier alpha value is -2.47. The zero-order chi connectivity index (χ0) is 15.7. The quantitative estimate of drug-likeness (QED) is 0.668. The number of hydrogen-bond donors (Lipinski definition) is 2. The van der Waals surface area contributed by atoms with E-state index in [4.69, 9.17) is 5.11 Å². The van der Waals surface area contributed by atoms with Gasteiger partial charge in [0.1, 0.15) is 0 Å². The minimum absolute atomic E-state index is 0.0716. The van der Waals surface area contributed by atoms with E-state index in [0.717, 1.165) is 17.6 Å². The normalized spacial score (nSPS) is 21.1. The average molecular weight is 299 g/mol. The number of carbonyl (C=O) groups excluding carboxylic acids is 1. The van der Waals surface area contributed by atoms with Crippen molar-refractivity contribution in [2.45, 2.75) is 12.8 Å². The Morgan fingerprint density at radius 1 is 1.50 bits per heavy atom. The van der Waals surface area contributed by atoms with E-state index in [1.54, 1.807) is 24.3 Å². The molecule has 3 rings (SSSR count). The lowest BCUT2D eigenvalue weighted by atomic mass is 9.76. The molecule has 1 aliphatic rings. The molecular formula is C16H17N3O3. The molecule has 6 nitrogen and oxygen atoms in total. The number of carbonyl (C=O) groups is 2. The number of Topliss-reactive ketones (excluding diaryl/α,β-unsaturated/α-hetero) is 1. The van der Waals surface area contributed by atoms with Crippen molar-refractivity contribution < 1.29 is 14.7 Å². The summed E-state index contributed by atoms with van der Waals surface area (Å²) in [7, 11) is 0. The van der Waals surface area contributed by atoms with E-state index in [-0.39, 0.29) is 5.78 Å². The highest BCUT2D eigenvalue weighted by molar-refractivity contribution is 6.04. The van der Waals surface area contributed by atoms with Crippen LogP contribution >= 0.6 is 0 Å². The van der Waals surface area contributed by atoms with Crippen LogP contribution in [0, 0.1) is 5.41 Å². The van der Waals surface area contributed by atoms with Crippen LogP contribution in [-0.4, -0.2) is 39.9 Å². The third-order valence-corrected chi connectivity index (χ3v) is 4.27. The van der Waals surface area contributed by atoms with Gasteiger partial charge in [0.2, 0.25) is 0 Å². The van der Waals surface area contributed by atoms with Crippen LogP contribution in [-0.2, 0) is 0 Å². The highest BCUT2D eigenvalue weighted by atomic mass is 16.4. The van der Waals surface area contributed by atoms with Crippen LogP contribution in [0.3, 0.4) is 0 Å². The van der Waals surface area contributed by atoms with Crippen LogP contribution in [0.4, 0.5) is 4.79 Å². The summed E-state index contributed by atoms with van der Waals surface area (Å²) in [5, 5.41) is 16.8. The molecule has 0 saturated carbocycles. The monoisotopic (exact) mass is 299 g/mol. The molecule has 0 spiro atoms. The van der Waals surface area contributed by atoms with Crippen molar-refractivity contribution >= 4 is 22.8 Å². The van der Waals surface area contributed by atoms with Crippen LogP contribution < -0.4 is 5.32 Å². The Labute approximate surface area is 127 Å². The Morgan fingerprint density at radius 3 is 2.95 bits per heavy atom. The van der Waals surface area contributed by atoms with Gasteiger partial charge in [0.25, 0.3) is 0 Å². The van der Waals surface area contributed by atoms with Gasteiger partial charge in [0, 0.05) is 17.5 Å². The van der Waals surface area contributed by atoms with Crippen molar-refractivity contribution in [2.75, 3.05) is 13.1 Å². The zero-order valence-electron chi connectivity index (χ0n) is 12.1. The number of nitrogens with one attached hydrogen (secondary N) is 1. The molecule has 22 heavy (non-hydrogen) atoms. The third-order valence-electron chi connectivity index (χ3n) is 4.27. The smallest absolute Gasteiger partial charge is 0.432 e. The predicted octanol–water partition coefficient (Wildman–Crippen LogP) is 2.30. The summed E-state index contributed by atoms with van der Waals surface area (Å²) in [6.07, 6.45) is 3.52. The molecule has 1 fully saturated rings. The molecule has 1 aromatic heterocycles. The van der Waals surface area contributed by atoms with E-state index in [1.807, 2.05) is 0 Å². The van der Waals surface area contributed by atoms with Crippen LogP contribution in [0.25, 0.3) is 10.9 Å². The van der Waals surface area contributed by atoms with Gasteiger partial charge in [-0.3, -0.25) is 4.79 Å². The molecule has 1 unspecified atom stereocenters. The molecule has 2 heterocycles. The van der Waals surface area contributed by atoms with E-state index in [1.165, 1.54) is 6.20 Å². The minimum atomic E-state index is -1.14. The second kappa shape index (κ2) is 5.38. The van der Waals surface area contributed by atoms with Gasteiger partial charge in [-0.1, -0.05) is 6.08 Å². The number of rotatable bonds is 4. The molecule has 1 aromatic carbocycles. The van der Waals surface area contributed by atoms with Crippen molar-refractivity contribution in [2.24, 2.45) is 5.41 Å². The molecule has 2 N–H and O–H groups in total. The lowest BCUT2D eigenvalue weighted by Gasteiger charge is -2.25. The first-order chi connectivity index (χ1) is 10.6. The van der Waals surface area contributed by atoms with E-state index < -0.39 is 11.5 Å². The number of ketones is 1. The topological polar surface area (TPSA) is 84.2 Å². The minimum Gasteiger partial charge on any atom is -0.463 e. The van der Waals surface area contributed by atoms with Crippen LogP contribution in [0.5, 0.6) is 0 Å². The maximum Gasteiger partial charge on any atom is 0.432 e. The molecule has 1 aliphatic heterocycles. The van der Waals surface area contributed by atoms with Gasteiger partial charge in [-0.15, -0.1) is 6.58 Å². The molecule has 6 heteroatoms. The fourth-order valence-corrected chi connectivity index (χ4v) is 3.11. The largest absolute Gasteiger partial charge is 0.463 e. The Kier molecular flexibility index (Phi) is 3.54. The summed E-state index contributed by atoms with van der Waals surface area (Å²) < 4.78 is 0.903. The first-order valence-corrected chi connectivity index (χ1v) is 7.15. The lowest BCUT2D eigenvalue weighted by Crippen LogP contribution is -2.33. The second-order valence-electron chi connectivity index (χ2n) is 5.64. The molecule has 0 bridgehead atoms. The molecule has 1 saturated heterocycles. The predicted molar refractivity (Wildman–Crippen MR) is 82.2 cm³/mol. The Bertz CT molecular complexity index is 757. The number of allylic oxidation sites excluding steroid dienone is 1. The van der Waals surface area contributed by atoms with E-state index in [2.05, 4.69) is 17.0 Å². The maximum atomic E-state index is 12.9. The maximum absolute atomic E-state index is 12.9. The van der Waals surface area contributed by atoms with Crippen LogP contribution in [0.2, 0.25) is 0 Å². The fraction of sp³-hybridized carbons (Fsp3) is 0.312. The number of hydrogen-bond acceptors (Lipinski definition) is 4. The summed E-state index contributed by atoms with van der Waals surface area (Å²) in [4.78, 5) is 24.0. The number of aromatic nitrogens is 2. The Morgan fingerprint density at radius 2 is 2.32 bits per heavy atom. The van der Waals surface area contributed by atoms with Gasteiger partial charge in [0.05, 0.1) is 17.1 Å². The summed E-state index contributed by atoms with van der Waals surface area (Å²) >= 11 is 0. The average Bonchev–Trinajstić information content (AvgIpc) is 3.13. The van der Waals surface area contributed by atoms with Crippen LogP contribution in [0.1, 0.15) is 23.2 Å². The third kappa shape index (κ3) is 2.21. The molecule has 2 aromatic rings. The molecular weight excluding hydrogens is 282 g/mol. The standard InChI is InChI=1S/C16H17N3O3/c1-2-5-16(6-7-17-10-16)14(20)11-3-4-13-12(8-11)9-18-19(13)15(21)22/h2-4,8-9,17H,1,5-7,10H2,(H,21,22). The van der Waals surface area contributed by atoms with Gasteiger partial charge in [-0.25, -0.2) is 4.79 Å². The number of fused-ring (bicyclic) bond motifs is 1. The first-order valence-electron chi connectivity index (χ1n) is 7.15. The fourth-order valence-electron chi connectivity index (χ4n) is 3.11. The van der Waals surface area contributed by atoms with Crippen LogP contribution in [0.15, 0.2) is 37.1 Å². The van der Waals surface area contributed by atoms with Gasteiger partial charge in [-0.2, -0.15) is 9.78 Å². The molecule has 1 atom stereocenters. The first kappa shape index (κ1) is 14.5. The van der Waals surface area contributed by atoms with E-state index >= 15 is 0 Å². The highest BCUT2D eigenvalue weighted by Crippen LogP contribution is 2.34. The van der Waals surface area contributed by atoms with Crippen molar-refractivity contribution in [3.05, 3.63) is 42.6 Å². The molecule has 0 aliphatic carbocycles. The number of carboxylic acid groups (broad SMARTS) is 1. The zero-order valence-corrected chi connectivity index (χ0v) is 12.1. The molecule has 114 valence electrons. The SMILES string of the molecule is C=CCC1(C(=O)c2ccc3c(cnn3C(=O)O)c2)CCNC1. The summed E-state index contributed by atoms with van der Waals surface area (Å²) in [5.41, 5.74) is 0.618. The second-order valence-corrected chi connectivity index (χ2v) is 5.64. The van der Waals surface area contributed by atoms with Crippen molar-refractivity contribution in [3.8, 4) is 0 Å². The summed E-state index contributed by atoms with van der Waals surface area (Å²) in [5.74, 6) is 0.0716. The van der Waals surface area contributed by atoms with Gasteiger partial charge >= 0.3 is 6.09 Å².